The molecule has 0 unspecified atom stereocenters. The van der Waals surface area contributed by atoms with Gasteiger partial charge in [-0.2, -0.15) is 0 Å². The van der Waals surface area contributed by atoms with E-state index in [0.29, 0.717) is 6.61 Å². The molecule has 0 bridgehead atoms. The maximum Gasteiger partial charge on any atom is 0.124 e. The number of nitrogens with two attached hydrogens (primary N) is 1. The normalized spacial score (nSPS) is 12.4. The van der Waals surface area contributed by atoms with Crippen LogP contribution >= 0.6 is 11.3 Å². The fourth-order valence-corrected chi connectivity index (χ4v) is 2.30. The van der Waals surface area contributed by atoms with Crippen LogP contribution in [0.4, 0.5) is 0 Å². The van der Waals surface area contributed by atoms with Crippen LogP contribution in [0.25, 0.3) is 0 Å². The average Bonchev–Trinajstić information content (AvgIpc) is 2.78. The Labute approximate surface area is 106 Å². The number of hydrogen-bond acceptors (Lipinski definition) is 3. The fraction of sp³-hybridized carbons (Fsp3) is 0.286. The molecule has 3 heteroatoms. The van der Waals surface area contributed by atoms with Crippen LogP contribution in [-0.2, 0) is 6.61 Å². The van der Waals surface area contributed by atoms with Crippen LogP contribution in [0.15, 0.2) is 35.7 Å². The first-order chi connectivity index (χ1) is 8.16. The molecule has 0 radical (unpaired) electrons. The maximum atomic E-state index is 5.94. The van der Waals surface area contributed by atoms with Crippen LogP contribution in [0.2, 0.25) is 0 Å². The van der Waals surface area contributed by atoms with Gasteiger partial charge in [-0.05, 0) is 36.9 Å². The summed E-state index contributed by atoms with van der Waals surface area (Å²) >= 11 is 1.70. The Bertz CT molecular complexity index is 477. The second kappa shape index (κ2) is 5.34. The predicted molar refractivity (Wildman–Crippen MR) is 72.4 cm³/mol. The van der Waals surface area contributed by atoms with Crippen molar-refractivity contribution in [3.63, 3.8) is 0 Å². The monoisotopic (exact) mass is 247 g/mol. The molecule has 2 N–H and O–H groups in total. The molecule has 0 spiro atoms. The molecule has 17 heavy (non-hydrogen) atoms. The van der Waals surface area contributed by atoms with Gasteiger partial charge in [-0.3, -0.25) is 0 Å². The Morgan fingerprint density at radius 3 is 2.82 bits per heavy atom. The summed E-state index contributed by atoms with van der Waals surface area (Å²) in [6.07, 6.45) is 0. The Hall–Kier alpha value is -1.32. The number of thiophene rings is 1. The van der Waals surface area contributed by atoms with E-state index in [1.165, 1.54) is 10.4 Å². The second-order valence-electron chi connectivity index (χ2n) is 4.20. The van der Waals surface area contributed by atoms with Crippen LogP contribution < -0.4 is 10.5 Å². The molecule has 1 heterocycles. The SMILES string of the molecule is Cc1ccc([C@@H](C)N)c(OCc2cccs2)c1. The molecule has 0 aliphatic carbocycles. The van der Waals surface area contributed by atoms with Crippen LogP contribution in [0.5, 0.6) is 5.75 Å². The highest BCUT2D eigenvalue weighted by atomic mass is 32.1. The van der Waals surface area contributed by atoms with E-state index in [2.05, 4.69) is 24.4 Å². The number of aryl methyl sites for hydroxylation is 1. The topological polar surface area (TPSA) is 35.2 Å². The molecule has 0 aliphatic rings. The minimum atomic E-state index is -0.00562. The van der Waals surface area contributed by atoms with Crippen LogP contribution in [0.3, 0.4) is 0 Å². The first-order valence-electron chi connectivity index (χ1n) is 5.68. The molecule has 1 aromatic carbocycles. The summed E-state index contributed by atoms with van der Waals surface area (Å²) in [5.74, 6) is 0.897. The summed E-state index contributed by atoms with van der Waals surface area (Å²) < 4.78 is 5.85. The van der Waals surface area contributed by atoms with Gasteiger partial charge in [-0.15, -0.1) is 11.3 Å². The smallest absolute Gasteiger partial charge is 0.124 e. The van der Waals surface area contributed by atoms with Crippen molar-refractivity contribution in [1.29, 1.82) is 0 Å². The molecular formula is C14H17NOS. The highest BCUT2D eigenvalue weighted by molar-refractivity contribution is 7.09. The van der Waals surface area contributed by atoms with E-state index in [9.17, 15) is 0 Å². The summed E-state index contributed by atoms with van der Waals surface area (Å²) in [5.41, 5.74) is 8.19. The molecule has 0 amide bonds. The Kier molecular flexibility index (Phi) is 3.82. The second-order valence-corrected chi connectivity index (χ2v) is 5.23. The van der Waals surface area contributed by atoms with Crippen molar-refractivity contribution in [2.24, 2.45) is 5.73 Å². The standard InChI is InChI=1S/C14H17NOS/c1-10-5-6-13(11(2)15)14(8-10)16-9-12-4-3-7-17-12/h3-8,11H,9,15H2,1-2H3/t11-/m1/s1. The summed E-state index contributed by atoms with van der Waals surface area (Å²) in [6.45, 7) is 4.65. The molecule has 2 rings (SSSR count). The molecule has 0 aliphatic heterocycles. The van der Waals surface area contributed by atoms with Crippen LogP contribution in [0.1, 0.15) is 29.0 Å². The zero-order chi connectivity index (χ0) is 12.3. The number of hydrogen-bond donors (Lipinski definition) is 1. The van der Waals surface area contributed by atoms with Gasteiger partial charge in [0.15, 0.2) is 0 Å². The van der Waals surface area contributed by atoms with Crippen molar-refractivity contribution in [2.45, 2.75) is 26.5 Å². The number of benzene rings is 1. The van der Waals surface area contributed by atoms with Crippen molar-refractivity contribution in [1.82, 2.24) is 0 Å². The molecule has 90 valence electrons. The highest BCUT2D eigenvalue weighted by Gasteiger charge is 2.08. The van der Waals surface area contributed by atoms with Crippen molar-refractivity contribution in [3.05, 3.63) is 51.7 Å². The minimum absolute atomic E-state index is 0.00562. The zero-order valence-corrected chi connectivity index (χ0v) is 11.0. The third-order valence-corrected chi connectivity index (χ3v) is 3.46. The van der Waals surface area contributed by atoms with Gasteiger partial charge in [0.05, 0.1) is 0 Å². The minimum Gasteiger partial charge on any atom is -0.488 e. The van der Waals surface area contributed by atoms with Crippen LogP contribution in [-0.4, -0.2) is 0 Å². The molecule has 0 fully saturated rings. The molecular weight excluding hydrogens is 230 g/mol. The van der Waals surface area contributed by atoms with E-state index in [4.69, 9.17) is 10.5 Å². The molecule has 2 nitrogen and oxygen atoms in total. The van der Waals surface area contributed by atoms with Gasteiger partial charge in [0.1, 0.15) is 12.4 Å². The largest absolute Gasteiger partial charge is 0.488 e. The maximum absolute atomic E-state index is 5.94. The third-order valence-electron chi connectivity index (χ3n) is 2.61. The molecule has 0 saturated heterocycles. The van der Waals surface area contributed by atoms with Gasteiger partial charge >= 0.3 is 0 Å². The first kappa shape index (κ1) is 12.1. The van der Waals surface area contributed by atoms with Crippen molar-refractivity contribution < 1.29 is 4.74 Å². The average molecular weight is 247 g/mol. The quantitative estimate of drug-likeness (QED) is 0.895. The van der Waals surface area contributed by atoms with E-state index < -0.39 is 0 Å². The van der Waals surface area contributed by atoms with E-state index in [0.717, 1.165) is 11.3 Å². The summed E-state index contributed by atoms with van der Waals surface area (Å²) in [6, 6.07) is 10.3. The Morgan fingerprint density at radius 2 is 2.18 bits per heavy atom. The van der Waals surface area contributed by atoms with Crippen molar-refractivity contribution in [2.75, 3.05) is 0 Å². The van der Waals surface area contributed by atoms with Gasteiger partial charge in [0.25, 0.3) is 0 Å². The Morgan fingerprint density at radius 1 is 1.35 bits per heavy atom. The van der Waals surface area contributed by atoms with Gasteiger partial charge in [-0.25, -0.2) is 0 Å². The summed E-state index contributed by atoms with van der Waals surface area (Å²) in [7, 11) is 0. The lowest BCUT2D eigenvalue weighted by atomic mass is 10.1. The lowest BCUT2D eigenvalue weighted by Gasteiger charge is -2.14. The predicted octanol–water partition coefficient (Wildman–Crippen LogP) is 3.66. The molecule has 2 aromatic rings. The Balaban J connectivity index is 2.16. The number of ether oxygens (including phenoxy) is 1. The molecule has 1 aromatic heterocycles. The lowest BCUT2D eigenvalue weighted by molar-refractivity contribution is 0.305. The van der Waals surface area contributed by atoms with E-state index in [1.54, 1.807) is 11.3 Å². The van der Waals surface area contributed by atoms with E-state index in [1.807, 2.05) is 25.1 Å². The van der Waals surface area contributed by atoms with Crippen LogP contribution in [0, 0.1) is 6.92 Å². The van der Waals surface area contributed by atoms with Gasteiger partial charge in [0.2, 0.25) is 0 Å². The highest BCUT2D eigenvalue weighted by Crippen LogP contribution is 2.26. The van der Waals surface area contributed by atoms with E-state index >= 15 is 0 Å². The van der Waals surface area contributed by atoms with Crippen molar-refractivity contribution >= 4 is 11.3 Å². The number of rotatable bonds is 4. The zero-order valence-electron chi connectivity index (χ0n) is 10.1. The van der Waals surface area contributed by atoms with E-state index in [-0.39, 0.29) is 6.04 Å². The first-order valence-corrected chi connectivity index (χ1v) is 6.56. The fourth-order valence-electron chi connectivity index (χ4n) is 1.69. The van der Waals surface area contributed by atoms with Gasteiger partial charge in [-0.1, -0.05) is 18.2 Å². The summed E-state index contributed by atoms with van der Waals surface area (Å²) in [4.78, 5) is 1.22. The van der Waals surface area contributed by atoms with Gasteiger partial charge in [0, 0.05) is 16.5 Å². The molecule has 0 saturated carbocycles. The summed E-state index contributed by atoms with van der Waals surface area (Å²) in [5, 5.41) is 2.06. The molecule has 1 atom stereocenters. The van der Waals surface area contributed by atoms with Gasteiger partial charge < -0.3 is 10.5 Å². The lowest BCUT2D eigenvalue weighted by Crippen LogP contribution is -2.08. The van der Waals surface area contributed by atoms with Crippen molar-refractivity contribution in [3.8, 4) is 5.75 Å². The third kappa shape index (κ3) is 3.08.